The molecule has 19 heavy (non-hydrogen) atoms. The van der Waals surface area contributed by atoms with Crippen molar-refractivity contribution in [3.05, 3.63) is 59.7 Å². The summed E-state index contributed by atoms with van der Waals surface area (Å²) in [6.45, 7) is 12.1. The van der Waals surface area contributed by atoms with Gasteiger partial charge in [-0.1, -0.05) is 58.0 Å². The van der Waals surface area contributed by atoms with Crippen molar-refractivity contribution >= 4 is 0 Å². The smallest absolute Gasteiger partial charge is 0.130 e. The molecule has 0 aliphatic heterocycles. The first-order valence-electron chi connectivity index (χ1n) is 7.06. The second kappa shape index (κ2) is 10.2. The zero-order valence-electron chi connectivity index (χ0n) is 13.0. The largest absolute Gasteiger partial charge is 0.457 e. The first-order chi connectivity index (χ1) is 9.25. The van der Waals surface area contributed by atoms with E-state index in [0.29, 0.717) is 0 Å². The van der Waals surface area contributed by atoms with Gasteiger partial charge in [-0.2, -0.15) is 0 Å². The Bertz CT molecular complexity index is 461. The van der Waals surface area contributed by atoms with Crippen molar-refractivity contribution in [3.8, 4) is 11.5 Å². The van der Waals surface area contributed by atoms with Crippen molar-refractivity contribution in [2.75, 3.05) is 0 Å². The summed E-state index contributed by atoms with van der Waals surface area (Å²) in [7, 11) is 0. The molecule has 0 atom stereocenters. The van der Waals surface area contributed by atoms with Crippen molar-refractivity contribution in [1.29, 1.82) is 0 Å². The zero-order chi connectivity index (χ0) is 14.7. The van der Waals surface area contributed by atoms with Crippen LogP contribution < -0.4 is 4.74 Å². The van der Waals surface area contributed by atoms with Crippen LogP contribution in [-0.4, -0.2) is 0 Å². The Labute approximate surface area is 118 Å². The van der Waals surface area contributed by atoms with E-state index in [4.69, 9.17) is 4.74 Å². The van der Waals surface area contributed by atoms with Gasteiger partial charge in [-0.25, -0.2) is 0 Å². The molecule has 0 amide bonds. The number of aryl methyl sites for hydroxylation is 2. The van der Waals surface area contributed by atoms with E-state index < -0.39 is 0 Å². The Kier molecular flexibility index (Phi) is 9.25. The molecule has 0 fully saturated rings. The first-order valence-corrected chi connectivity index (χ1v) is 7.06. The van der Waals surface area contributed by atoms with Gasteiger partial charge in [-0.3, -0.25) is 0 Å². The monoisotopic (exact) mass is 258 g/mol. The van der Waals surface area contributed by atoms with Crippen molar-refractivity contribution in [2.45, 2.75) is 41.5 Å². The lowest BCUT2D eigenvalue weighted by molar-refractivity contribution is 0.478. The van der Waals surface area contributed by atoms with Gasteiger partial charge in [0.05, 0.1) is 0 Å². The minimum Gasteiger partial charge on any atom is -0.457 e. The van der Waals surface area contributed by atoms with Crippen LogP contribution in [0.2, 0.25) is 0 Å². The standard InChI is InChI=1S/C14H14O.2C2H6/c1-11-6-5-8-13(10-11)15-14-9-4-3-7-12(14)2;2*1-2/h3-10H,1-2H3;2*1-2H3. The van der Waals surface area contributed by atoms with Crippen LogP contribution in [0.1, 0.15) is 38.8 Å². The topological polar surface area (TPSA) is 9.23 Å². The number of benzene rings is 2. The first kappa shape index (κ1) is 17.2. The molecular formula is C18H26O. The molecule has 0 spiro atoms. The van der Waals surface area contributed by atoms with Gasteiger partial charge < -0.3 is 4.74 Å². The Morgan fingerprint density at radius 2 is 1.37 bits per heavy atom. The number of rotatable bonds is 2. The molecule has 0 unspecified atom stereocenters. The fourth-order valence-corrected chi connectivity index (χ4v) is 1.48. The lowest BCUT2D eigenvalue weighted by atomic mass is 10.2. The molecule has 1 nitrogen and oxygen atoms in total. The van der Waals surface area contributed by atoms with Crippen LogP contribution >= 0.6 is 0 Å². The Hall–Kier alpha value is -1.76. The summed E-state index contributed by atoms with van der Waals surface area (Å²) in [5.41, 5.74) is 2.36. The Balaban J connectivity index is 0.000000741. The molecule has 2 aromatic rings. The van der Waals surface area contributed by atoms with Gasteiger partial charge in [-0.15, -0.1) is 0 Å². The number of ether oxygens (including phenoxy) is 1. The normalized spacial score (nSPS) is 8.53. The molecule has 0 saturated heterocycles. The van der Waals surface area contributed by atoms with E-state index in [1.54, 1.807) is 0 Å². The number of para-hydroxylation sites is 1. The van der Waals surface area contributed by atoms with Gasteiger partial charge in [0.15, 0.2) is 0 Å². The summed E-state index contributed by atoms with van der Waals surface area (Å²) in [5.74, 6) is 1.81. The highest BCUT2D eigenvalue weighted by Gasteiger charge is 1.99. The Morgan fingerprint density at radius 1 is 0.737 bits per heavy atom. The molecule has 0 bridgehead atoms. The van der Waals surface area contributed by atoms with Crippen LogP contribution in [0.3, 0.4) is 0 Å². The summed E-state index contributed by atoms with van der Waals surface area (Å²) >= 11 is 0. The van der Waals surface area contributed by atoms with Crippen LogP contribution in [0.25, 0.3) is 0 Å². The molecular weight excluding hydrogens is 232 g/mol. The molecule has 0 aliphatic rings. The third-order valence-corrected chi connectivity index (χ3v) is 2.31. The van der Waals surface area contributed by atoms with Crippen molar-refractivity contribution in [3.63, 3.8) is 0 Å². The minimum atomic E-state index is 0.893. The predicted molar refractivity (Wildman–Crippen MR) is 85.1 cm³/mol. The minimum absolute atomic E-state index is 0.893. The highest BCUT2D eigenvalue weighted by Crippen LogP contribution is 2.24. The maximum atomic E-state index is 5.79. The van der Waals surface area contributed by atoms with Gasteiger partial charge >= 0.3 is 0 Å². The molecule has 0 N–H and O–H groups in total. The van der Waals surface area contributed by atoms with E-state index in [-0.39, 0.29) is 0 Å². The number of hydrogen-bond acceptors (Lipinski definition) is 1. The maximum Gasteiger partial charge on any atom is 0.130 e. The summed E-state index contributed by atoms with van der Waals surface area (Å²) < 4.78 is 5.79. The lowest BCUT2D eigenvalue weighted by Crippen LogP contribution is -1.87. The summed E-state index contributed by atoms with van der Waals surface area (Å²) in [4.78, 5) is 0. The van der Waals surface area contributed by atoms with Crippen molar-refractivity contribution in [2.24, 2.45) is 0 Å². The summed E-state index contributed by atoms with van der Waals surface area (Å²) in [5, 5.41) is 0. The van der Waals surface area contributed by atoms with E-state index in [0.717, 1.165) is 17.1 Å². The van der Waals surface area contributed by atoms with Crippen LogP contribution in [0.5, 0.6) is 11.5 Å². The third-order valence-electron chi connectivity index (χ3n) is 2.31. The average molecular weight is 258 g/mol. The van der Waals surface area contributed by atoms with Gasteiger partial charge in [0.2, 0.25) is 0 Å². The summed E-state index contributed by atoms with van der Waals surface area (Å²) in [6, 6.07) is 16.1. The average Bonchev–Trinajstić information content (AvgIpc) is 2.46. The highest BCUT2D eigenvalue weighted by molar-refractivity contribution is 5.37. The van der Waals surface area contributed by atoms with Crippen LogP contribution in [0.4, 0.5) is 0 Å². The Morgan fingerprint density at radius 3 is 1.95 bits per heavy atom. The zero-order valence-corrected chi connectivity index (χ0v) is 13.0. The van der Waals surface area contributed by atoms with E-state index >= 15 is 0 Å². The van der Waals surface area contributed by atoms with Crippen LogP contribution in [0.15, 0.2) is 48.5 Å². The van der Waals surface area contributed by atoms with E-state index in [2.05, 4.69) is 13.0 Å². The highest BCUT2D eigenvalue weighted by atomic mass is 16.5. The van der Waals surface area contributed by atoms with Gasteiger partial charge in [0, 0.05) is 0 Å². The number of hydrogen-bond donors (Lipinski definition) is 0. The molecule has 0 saturated carbocycles. The second-order valence-electron chi connectivity index (χ2n) is 3.68. The fourth-order valence-electron chi connectivity index (χ4n) is 1.48. The van der Waals surface area contributed by atoms with Gasteiger partial charge in [0.1, 0.15) is 11.5 Å². The molecule has 0 heterocycles. The van der Waals surface area contributed by atoms with E-state index in [9.17, 15) is 0 Å². The van der Waals surface area contributed by atoms with Crippen LogP contribution in [-0.2, 0) is 0 Å². The second-order valence-corrected chi connectivity index (χ2v) is 3.68. The van der Waals surface area contributed by atoms with Crippen LogP contribution in [0, 0.1) is 13.8 Å². The predicted octanol–water partition coefficient (Wildman–Crippen LogP) is 6.15. The lowest BCUT2D eigenvalue weighted by Gasteiger charge is -2.08. The van der Waals surface area contributed by atoms with Gasteiger partial charge in [-0.05, 0) is 43.2 Å². The quantitative estimate of drug-likeness (QED) is 0.628. The summed E-state index contributed by atoms with van der Waals surface area (Å²) in [6.07, 6.45) is 0. The fraction of sp³-hybridized carbons (Fsp3) is 0.333. The van der Waals surface area contributed by atoms with Gasteiger partial charge in [0.25, 0.3) is 0 Å². The van der Waals surface area contributed by atoms with Crippen molar-refractivity contribution < 1.29 is 4.74 Å². The molecule has 2 rings (SSSR count). The molecule has 0 aliphatic carbocycles. The molecule has 0 aromatic heterocycles. The van der Waals surface area contributed by atoms with Crippen molar-refractivity contribution in [1.82, 2.24) is 0 Å². The third kappa shape index (κ3) is 6.10. The SMILES string of the molecule is CC.CC.Cc1cccc(Oc2ccccc2C)c1. The molecule has 0 radical (unpaired) electrons. The molecule has 1 heteroatoms. The van der Waals surface area contributed by atoms with E-state index in [1.165, 1.54) is 5.56 Å². The van der Waals surface area contributed by atoms with E-state index in [1.807, 2.05) is 77.1 Å². The molecule has 2 aromatic carbocycles. The maximum absolute atomic E-state index is 5.79. The molecule has 104 valence electrons.